The zero-order valence-electron chi connectivity index (χ0n) is 12.5. The van der Waals surface area contributed by atoms with Crippen LogP contribution < -0.4 is 0 Å². The molecule has 0 saturated heterocycles. The van der Waals surface area contributed by atoms with Gasteiger partial charge in [0.05, 0.1) is 11.9 Å². The first kappa shape index (κ1) is 15.2. The third-order valence-electron chi connectivity index (χ3n) is 3.31. The Morgan fingerprint density at radius 1 is 1.00 bits per heavy atom. The molecular formula is C15H29N3. The fourth-order valence-corrected chi connectivity index (χ4v) is 2.17. The Morgan fingerprint density at radius 3 is 2.33 bits per heavy atom. The Labute approximate surface area is 112 Å². The minimum atomic E-state index is 0.781. The highest BCUT2D eigenvalue weighted by atomic mass is 15.4. The topological polar surface area (TPSA) is 30.7 Å². The number of rotatable bonds is 9. The quantitative estimate of drug-likeness (QED) is 0.619. The molecule has 3 nitrogen and oxygen atoms in total. The second-order valence-electron chi connectivity index (χ2n) is 6.12. The van der Waals surface area contributed by atoms with Gasteiger partial charge in [-0.15, -0.1) is 5.10 Å². The summed E-state index contributed by atoms with van der Waals surface area (Å²) in [4.78, 5) is 0. The minimum Gasteiger partial charge on any atom is -0.249 e. The van der Waals surface area contributed by atoms with Crippen LogP contribution >= 0.6 is 0 Å². The number of hydrogen-bond acceptors (Lipinski definition) is 2. The first-order valence-electron chi connectivity index (χ1n) is 7.47. The Balaban J connectivity index is 2.26. The molecule has 0 spiro atoms. The van der Waals surface area contributed by atoms with Gasteiger partial charge in [-0.05, 0) is 37.5 Å². The molecule has 0 bridgehead atoms. The van der Waals surface area contributed by atoms with Crippen LogP contribution in [0.15, 0.2) is 6.20 Å². The fraction of sp³-hybridized carbons (Fsp3) is 0.867. The van der Waals surface area contributed by atoms with Gasteiger partial charge in [0.2, 0.25) is 0 Å². The normalized spacial score (nSPS) is 11.7. The van der Waals surface area contributed by atoms with Crippen LogP contribution in [-0.4, -0.2) is 15.0 Å². The van der Waals surface area contributed by atoms with Gasteiger partial charge in [-0.3, -0.25) is 0 Å². The lowest BCUT2D eigenvalue weighted by Crippen LogP contribution is -2.06. The van der Waals surface area contributed by atoms with E-state index in [1.54, 1.807) is 0 Å². The molecular weight excluding hydrogens is 222 g/mol. The van der Waals surface area contributed by atoms with Crippen molar-refractivity contribution in [1.82, 2.24) is 15.0 Å². The summed E-state index contributed by atoms with van der Waals surface area (Å²) in [6.45, 7) is 10.1. The molecule has 1 rings (SSSR count). The smallest absolute Gasteiger partial charge is 0.0725 e. The van der Waals surface area contributed by atoms with Crippen molar-refractivity contribution in [2.75, 3.05) is 0 Å². The zero-order valence-corrected chi connectivity index (χ0v) is 12.5. The van der Waals surface area contributed by atoms with E-state index in [9.17, 15) is 0 Å². The van der Waals surface area contributed by atoms with Gasteiger partial charge in [0.15, 0.2) is 0 Å². The van der Waals surface area contributed by atoms with Crippen LogP contribution in [0, 0.1) is 11.8 Å². The highest BCUT2D eigenvalue weighted by Crippen LogP contribution is 2.11. The molecule has 1 aromatic rings. The Morgan fingerprint density at radius 2 is 1.67 bits per heavy atom. The molecule has 0 unspecified atom stereocenters. The molecule has 18 heavy (non-hydrogen) atoms. The molecule has 0 aliphatic rings. The molecule has 3 heteroatoms. The lowest BCUT2D eigenvalue weighted by molar-refractivity contribution is 0.467. The predicted octanol–water partition coefficient (Wildman–Crippen LogP) is 4.08. The van der Waals surface area contributed by atoms with E-state index in [0.717, 1.165) is 24.8 Å². The molecule has 0 aliphatic heterocycles. The molecule has 0 saturated carbocycles. The van der Waals surface area contributed by atoms with E-state index in [1.807, 2.05) is 6.20 Å². The van der Waals surface area contributed by atoms with Gasteiger partial charge in [-0.25, -0.2) is 4.68 Å². The van der Waals surface area contributed by atoms with Crippen molar-refractivity contribution in [3.63, 3.8) is 0 Å². The number of unbranched alkanes of at least 4 members (excludes halogenated alkanes) is 1. The predicted molar refractivity (Wildman–Crippen MR) is 76.5 cm³/mol. The summed E-state index contributed by atoms with van der Waals surface area (Å²) >= 11 is 0. The van der Waals surface area contributed by atoms with Gasteiger partial charge < -0.3 is 0 Å². The summed E-state index contributed by atoms with van der Waals surface area (Å²) in [5.74, 6) is 1.60. The van der Waals surface area contributed by atoms with Crippen LogP contribution in [0.3, 0.4) is 0 Å². The van der Waals surface area contributed by atoms with E-state index >= 15 is 0 Å². The second kappa shape index (κ2) is 8.28. The zero-order chi connectivity index (χ0) is 13.4. The van der Waals surface area contributed by atoms with E-state index in [4.69, 9.17) is 0 Å². The average molecular weight is 251 g/mol. The highest BCUT2D eigenvalue weighted by Gasteiger charge is 2.04. The average Bonchev–Trinajstić information content (AvgIpc) is 2.71. The fourth-order valence-electron chi connectivity index (χ4n) is 2.17. The van der Waals surface area contributed by atoms with Crippen LogP contribution in [0.2, 0.25) is 0 Å². The molecule has 0 aliphatic carbocycles. The monoisotopic (exact) mass is 251 g/mol. The SMILES string of the molecule is CC(C)CCCCc1cnnn1CCCC(C)C. The summed E-state index contributed by atoms with van der Waals surface area (Å²) in [7, 11) is 0. The van der Waals surface area contributed by atoms with Crippen LogP contribution in [0.25, 0.3) is 0 Å². The molecule has 0 fully saturated rings. The first-order chi connectivity index (χ1) is 8.59. The minimum absolute atomic E-state index is 0.781. The Hall–Kier alpha value is -0.860. The molecule has 1 aromatic heterocycles. The summed E-state index contributed by atoms with van der Waals surface area (Å²) in [5, 5.41) is 8.24. The molecule has 1 heterocycles. The number of nitrogens with zero attached hydrogens (tertiary/aromatic N) is 3. The van der Waals surface area contributed by atoms with Crippen molar-refractivity contribution in [3.8, 4) is 0 Å². The molecule has 0 atom stereocenters. The van der Waals surface area contributed by atoms with Crippen molar-refractivity contribution in [3.05, 3.63) is 11.9 Å². The second-order valence-corrected chi connectivity index (χ2v) is 6.12. The maximum absolute atomic E-state index is 4.19. The van der Waals surface area contributed by atoms with Crippen LogP contribution in [-0.2, 0) is 13.0 Å². The van der Waals surface area contributed by atoms with Crippen molar-refractivity contribution in [2.45, 2.75) is 72.8 Å². The van der Waals surface area contributed by atoms with Crippen molar-refractivity contribution in [2.24, 2.45) is 11.8 Å². The van der Waals surface area contributed by atoms with Crippen molar-refractivity contribution >= 4 is 0 Å². The van der Waals surface area contributed by atoms with Gasteiger partial charge in [0.1, 0.15) is 0 Å². The van der Waals surface area contributed by atoms with Crippen molar-refractivity contribution < 1.29 is 0 Å². The molecule has 104 valence electrons. The van der Waals surface area contributed by atoms with Gasteiger partial charge in [-0.2, -0.15) is 0 Å². The van der Waals surface area contributed by atoms with Gasteiger partial charge in [-0.1, -0.05) is 45.7 Å². The summed E-state index contributed by atoms with van der Waals surface area (Å²) in [6, 6.07) is 0. The maximum atomic E-state index is 4.19. The number of hydrogen-bond donors (Lipinski definition) is 0. The standard InChI is InChI=1S/C15H29N3/c1-13(2)8-5-6-10-15-12-16-17-18(15)11-7-9-14(3)4/h12-14H,5-11H2,1-4H3. The van der Waals surface area contributed by atoms with Gasteiger partial charge in [0, 0.05) is 6.54 Å². The maximum Gasteiger partial charge on any atom is 0.0725 e. The lowest BCUT2D eigenvalue weighted by Gasteiger charge is -2.08. The first-order valence-corrected chi connectivity index (χ1v) is 7.47. The molecule has 0 amide bonds. The van der Waals surface area contributed by atoms with Gasteiger partial charge >= 0.3 is 0 Å². The van der Waals surface area contributed by atoms with E-state index in [1.165, 1.54) is 37.8 Å². The summed E-state index contributed by atoms with van der Waals surface area (Å²) < 4.78 is 2.09. The third-order valence-corrected chi connectivity index (χ3v) is 3.31. The Kier molecular flexibility index (Phi) is 6.99. The van der Waals surface area contributed by atoms with Crippen LogP contribution in [0.5, 0.6) is 0 Å². The number of aryl methyl sites for hydroxylation is 2. The third kappa shape index (κ3) is 6.18. The van der Waals surface area contributed by atoms with Crippen molar-refractivity contribution in [1.29, 1.82) is 0 Å². The molecule has 0 aromatic carbocycles. The van der Waals surface area contributed by atoms with E-state index < -0.39 is 0 Å². The lowest BCUT2D eigenvalue weighted by atomic mass is 10.0. The van der Waals surface area contributed by atoms with Crippen LogP contribution in [0.4, 0.5) is 0 Å². The number of aromatic nitrogens is 3. The summed E-state index contributed by atoms with van der Waals surface area (Å²) in [5.41, 5.74) is 1.31. The Bertz CT molecular complexity index is 315. The van der Waals surface area contributed by atoms with E-state index in [2.05, 4.69) is 42.7 Å². The van der Waals surface area contributed by atoms with Crippen LogP contribution in [0.1, 0.15) is 65.5 Å². The van der Waals surface area contributed by atoms with Gasteiger partial charge in [0.25, 0.3) is 0 Å². The molecule has 0 radical (unpaired) electrons. The summed E-state index contributed by atoms with van der Waals surface area (Å²) in [6.07, 6.45) is 9.44. The van der Waals surface area contributed by atoms with E-state index in [-0.39, 0.29) is 0 Å². The highest BCUT2D eigenvalue weighted by molar-refractivity contribution is 4.93. The largest absolute Gasteiger partial charge is 0.249 e. The molecule has 0 N–H and O–H groups in total. The van der Waals surface area contributed by atoms with E-state index in [0.29, 0.717) is 0 Å².